The fourth-order valence-electron chi connectivity index (χ4n) is 1.65. The van der Waals surface area contributed by atoms with Crippen molar-refractivity contribution in [1.29, 1.82) is 0 Å². The summed E-state index contributed by atoms with van der Waals surface area (Å²) in [5, 5.41) is 10.5. The van der Waals surface area contributed by atoms with Crippen LogP contribution in [0.3, 0.4) is 0 Å². The fraction of sp³-hybridized carbons (Fsp3) is 0.308. The van der Waals surface area contributed by atoms with Gasteiger partial charge in [0.1, 0.15) is 12.2 Å². The SMILES string of the molecule is CN=C(NCc1ccc(Br)cc1)NCc1ncnn1C.I. The van der Waals surface area contributed by atoms with Crippen LogP contribution in [-0.2, 0) is 20.1 Å². The summed E-state index contributed by atoms with van der Waals surface area (Å²) < 4.78 is 2.81. The zero-order valence-electron chi connectivity index (χ0n) is 11.9. The molecule has 2 N–H and O–H groups in total. The van der Waals surface area contributed by atoms with Crippen molar-refractivity contribution >= 4 is 45.9 Å². The molecule has 1 aromatic heterocycles. The molecule has 2 rings (SSSR count). The Kier molecular flexibility index (Phi) is 7.65. The molecule has 0 aliphatic heterocycles. The second kappa shape index (κ2) is 8.98. The van der Waals surface area contributed by atoms with E-state index in [0.29, 0.717) is 13.1 Å². The predicted molar refractivity (Wildman–Crippen MR) is 97.6 cm³/mol. The lowest BCUT2D eigenvalue weighted by atomic mass is 10.2. The van der Waals surface area contributed by atoms with Crippen molar-refractivity contribution < 1.29 is 0 Å². The van der Waals surface area contributed by atoms with Crippen LogP contribution in [0.5, 0.6) is 0 Å². The van der Waals surface area contributed by atoms with Gasteiger partial charge in [-0.05, 0) is 17.7 Å². The summed E-state index contributed by atoms with van der Waals surface area (Å²) in [4.78, 5) is 8.33. The highest BCUT2D eigenvalue weighted by molar-refractivity contribution is 14.0. The Morgan fingerprint density at radius 1 is 1.24 bits per heavy atom. The zero-order chi connectivity index (χ0) is 14.4. The minimum absolute atomic E-state index is 0. The average Bonchev–Trinajstić information content (AvgIpc) is 2.86. The molecule has 114 valence electrons. The molecule has 1 heterocycles. The van der Waals surface area contributed by atoms with Crippen molar-refractivity contribution in [2.75, 3.05) is 7.05 Å². The van der Waals surface area contributed by atoms with Crippen LogP contribution in [0, 0.1) is 0 Å². The van der Waals surface area contributed by atoms with Crippen LogP contribution in [0.1, 0.15) is 11.4 Å². The molecule has 0 unspecified atom stereocenters. The van der Waals surface area contributed by atoms with Gasteiger partial charge >= 0.3 is 0 Å². The molecule has 2 aromatic rings. The van der Waals surface area contributed by atoms with Gasteiger partial charge < -0.3 is 10.6 Å². The number of halogens is 2. The molecular formula is C13H18BrIN6. The molecule has 0 spiro atoms. The smallest absolute Gasteiger partial charge is 0.191 e. The molecule has 0 fully saturated rings. The van der Waals surface area contributed by atoms with Crippen LogP contribution in [0.15, 0.2) is 40.1 Å². The van der Waals surface area contributed by atoms with E-state index in [2.05, 4.69) is 53.8 Å². The van der Waals surface area contributed by atoms with Gasteiger partial charge in [-0.3, -0.25) is 9.67 Å². The van der Waals surface area contributed by atoms with Crippen LogP contribution in [0.25, 0.3) is 0 Å². The van der Waals surface area contributed by atoms with Crippen molar-refractivity contribution in [3.05, 3.63) is 46.5 Å². The number of nitrogens with one attached hydrogen (secondary N) is 2. The summed E-state index contributed by atoms with van der Waals surface area (Å²) in [7, 11) is 3.61. The van der Waals surface area contributed by atoms with Gasteiger partial charge in [0.05, 0.1) is 6.54 Å². The number of benzene rings is 1. The lowest BCUT2D eigenvalue weighted by Crippen LogP contribution is -2.36. The summed E-state index contributed by atoms with van der Waals surface area (Å²) in [5.74, 6) is 1.59. The summed E-state index contributed by atoms with van der Waals surface area (Å²) in [6.07, 6.45) is 1.54. The summed E-state index contributed by atoms with van der Waals surface area (Å²) in [6, 6.07) is 8.17. The maximum Gasteiger partial charge on any atom is 0.191 e. The van der Waals surface area contributed by atoms with E-state index in [9.17, 15) is 0 Å². The van der Waals surface area contributed by atoms with Crippen LogP contribution < -0.4 is 10.6 Å². The standard InChI is InChI=1S/C13H17BrN6.HI/c1-15-13(17-8-12-18-9-19-20(12)2)16-7-10-3-5-11(14)6-4-10;/h3-6,9H,7-8H2,1-2H3,(H2,15,16,17);1H. The lowest BCUT2D eigenvalue weighted by Gasteiger charge is -2.11. The van der Waals surface area contributed by atoms with Gasteiger partial charge in [0.15, 0.2) is 5.96 Å². The number of aromatic nitrogens is 3. The second-order valence-corrected chi connectivity index (χ2v) is 5.12. The highest BCUT2D eigenvalue weighted by Gasteiger charge is 2.02. The fourth-order valence-corrected chi connectivity index (χ4v) is 1.92. The molecule has 0 atom stereocenters. The molecule has 21 heavy (non-hydrogen) atoms. The molecule has 1 aromatic carbocycles. The van der Waals surface area contributed by atoms with E-state index in [4.69, 9.17) is 0 Å². The Bertz CT molecular complexity index is 581. The van der Waals surface area contributed by atoms with E-state index in [-0.39, 0.29) is 24.0 Å². The van der Waals surface area contributed by atoms with Gasteiger partial charge in [0, 0.05) is 25.1 Å². The van der Waals surface area contributed by atoms with Crippen molar-refractivity contribution in [2.24, 2.45) is 12.0 Å². The normalized spacial score (nSPS) is 10.9. The Labute approximate surface area is 149 Å². The van der Waals surface area contributed by atoms with Crippen LogP contribution in [0.2, 0.25) is 0 Å². The first kappa shape index (κ1) is 17.9. The first-order chi connectivity index (χ1) is 9.69. The van der Waals surface area contributed by atoms with Crippen molar-refractivity contribution in [3.8, 4) is 0 Å². The van der Waals surface area contributed by atoms with E-state index < -0.39 is 0 Å². The quantitative estimate of drug-likeness (QED) is 0.413. The monoisotopic (exact) mass is 464 g/mol. The molecule has 0 aliphatic rings. The lowest BCUT2D eigenvalue weighted by molar-refractivity contribution is 0.672. The number of aryl methyl sites for hydroxylation is 1. The van der Waals surface area contributed by atoms with Crippen molar-refractivity contribution in [2.45, 2.75) is 13.1 Å². The first-order valence-electron chi connectivity index (χ1n) is 6.21. The number of guanidine groups is 1. The van der Waals surface area contributed by atoms with E-state index >= 15 is 0 Å². The number of rotatable bonds is 4. The van der Waals surface area contributed by atoms with E-state index in [1.165, 1.54) is 11.9 Å². The molecule has 8 heteroatoms. The predicted octanol–water partition coefficient (Wildman–Crippen LogP) is 2.06. The molecule has 6 nitrogen and oxygen atoms in total. The molecule has 0 amide bonds. The Morgan fingerprint density at radius 2 is 1.90 bits per heavy atom. The third-order valence-electron chi connectivity index (χ3n) is 2.82. The number of hydrogen-bond donors (Lipinski definition) is 2. The third kappa shape index (κ3) is 5.62. The third-order valence-corrected chi connectivity index (χ3v) is 3.34. The van der Waals surface area contributed by atoms with Gasteiger partial charge in [-0.2, -0.15) is 5.10 Å². The Hall–Kier alpha value is -1.16. The first-order valence-corrected chi connectivity index (χ1v) is 7.00. The minimum atomic E-state index is 0. The van der Waals surface area contributed by atoms with Crippen LogP contribution >= 0.6 is 39.9 Å². The van der Waals surface area contributed by atoms with E-state index in [1.807, 2.05) is 19.2 Å². The van der Waals surface area contributed by atoms with Crippen LogP contribution in [-0.4, -0.2) is 27.8 Å². The van der Waals surface area contributed by atoms with Gasteiger partial charge in [-0.1, -0.05) is 28.1 Å². The van der Waals surface area contributed by atoms with Gasteiger partial charge in [0.2, 0.25) is 0 Å². The molecular weight excluding hydrogens is 447 g/mol. The van der Waals surface area contributed by atoms with Gasteiger partial charge in [0.25, 0.3) is 0 Å². The summed E-state index contributed by atoms with van der Waals surface area (Å²) in [6.45, 7) is 1.29. The number of nitrogens with zero attached hydrogens (tertiary/aromatic N) is 4. The molecule has 0 saturated heterocycles. The average molecular weight is 465 g/mol. The van der Waals surface area contributed by atoms with E-state index in [0.717, 1.165) is 16.3 Å². The summed E-state index contributed by atoms with van der Waals surface area (Å²) in [5.41, 5.74) is 1.19. The largest absolute Gasteiger partial charge is 0.352 e. The number of hydrogen-bond acceptors (Lipinski definition) is 3. The topological polar surface area (TPSA) is 67.1 Å². The Balaban J connectivity index is 0.00000220. The van der Waals surface area contributed by atoms with Crippen LogP contribution in [0.4, 0.5) is 0 Å². The maximum absolute atomic E-state index is 4.18. The molecule has 0 bridgehead atoms. The van der Waals surface area contributed by atoms with E-state index in [1.54, 1.807) is 11.7 Å². The van der Waals surface area contributed by atoms with Gasteiger partial charge in [-0.15, -0.1) is 24.0 Å². The Morgan fingerprint density at radius 3 is 2.48 bits per heavy atom. The highest BCUT2D eigenvalue weighted by atomic mass is 127. The highest BCUT2D eigenvalue weighted by Crippen LogP contribution is 2.10. The summed E-state index contributed by atoms with van der Waals surface area (Å²) >= 11 is 3.42. The maximum atomic E-state index is 4.18. The molecule has 0 aliphatic carbocycles. The van der Waals surface area contributed by atoms with Gasteiger partial charge in [-0.25, -0.2) is 4.98 Å². The second-order valence-electron chi connectivity index (χ2n) is 4.21. The molecule has 0 saturated carbocycles. The number of aliphatic imine (C=N–C) groups is 1. The molecule has 0 radical (unpaired) electrons. The minimum Gasteiger partial charge on any atom is -0.352 e. The zero-order valence-corrected chi connectivity index (χ0v) is 15.8. The van der Waals surface area contributed by atoms with Crippen molar-refractivity contribution in [3.63, 3.8) is 0 Å². The van der Waals surface area contributed by atoms with Crippen molar-refractivity contribution in [1.82, 2.24) is 25.4 Å².